The molecule has 16 heteroatoms. The number of carbonyl (C=O) groups excluding carboxylic acids is 1. The standard InChI is InChI=1S/C35H51ClFN5O7Si2/c1-35(2,3)51(7,8)49-27-17-47-30-26(16-46-31(27)30)48-34-40-25-15-22(36)32(41-33(25)42(34)19-44-11-12-50(4,5)6)39-24-10-9-20-13-21(45-18-28(38)43)14-23(37)29(20)24/h13-15,24,26-27,30-31H,9-12,16-19H2,1-8H3,(H2,38,43)(H,39,41)/t24?,26-,27-,30-,31-/m1/s1. The number of nitrogens with zero attached hydrogens (tertiary/aromatic N) is 3. The van der Waals surface area contributed by atoms with E-state index < -0.39 is 34.2 Å². The normalized spacial score (nSPS) is 23.5. The molecule has 0 radical (unpaired) electrons. The van der Waals surface area contributed by atoms with Gasteiger partial charge in [0.25, 0.3) is 5.91 Å². The van der Waals surface area contributed by atoms with Gasteiger partial charge in [0.1, 0.15) is 41.8 Å². The number of primary amides is 1. The number of amides is 1. The molecule has 2 saturated heterocycles. The number of rotatable bonds is 14. The molecule has 0 saturated carbocycles. The van der Waals surface area contributed by atoms with Crippen LogP contribution >= 0.6 is 11.6 Å². The summed E-state index contributed by atoms with van der Waals surface area (Å²) in [4.78, 5) is 20.9. The van der Waals surface area contributed by atoms with Gasteiger partial charge in [-0.05, 0) is 54.7 Å². The van der Waals surface area contributed by atoms with E-state index in [0.717, 1.165) is 11.6 Å². The monoisotopic (exact) mass is 763 g/mol. The zero-order chi connectivity index (χ0) is 36.9. The lowest BCUT2D eigenvalue weighted by atomic mass is 10.1. The quantitative estimate of drug-likeness (QED) is 0.139. The average molecular weight is 764 g/mol. The summed E-state index contributed by atoms with van der Waals surface area (Å²) >= 11 is 6.78. The van der Waals surface area contributed by atoms with Gasteiger partial charge >= 0.3 is 6.01 Å². The molecule has 3 aliphatic rings. The number of halogens is 2. The summed E-state index contributed by atoms with van der Waals surface area (Å²) in [5.74, 6) is -0.429. The number of carbonyl (C=O) groups is 1. The number of hydrogen-bond donors (Lipinski definition) is 2. The zero-order valence-electron chi connectivity index (χ0n) is 30.8. The Morgan fingerprint density at radius 2 is 1.80 bits per heavy atom. The Hall–Kier alpha value is -2.80. The second-order valence-electron chi connectivity index (χ2n) is 16.5. The smallest absolute Gasteiger partial charge is 0.301 e. The molecule has 0 bridgehead atoms. The topological polar surface area (TPSA) is 141 Å². The first-order valence-electron chi connectivity index (χ1n) is 17.6. The summed E-state index contributed by atoms with van der Waals surface area (Å²) in [5.41, 5.74) is 7.53. The lowest BCUT2D eigenvalue weighted by molar-refractivity contribution is -0.119. The van der Waals surface area contributed by atoms with Gasteiger partial charge in [-0.3, -0.25) is 9.36 Å². The number of nitrogens with one attached hydrogen (secondary N) is 1. The number of aromatic nitrogens is 3. The molecule has 3 N–H and O–H groups in total. The SMILES string of the molecule is CC(C)(C)[Si](C)(C)O[C@@H]1CO[C@H]2[C@@H]1OC[C@H]2Oc1nc2cc(Cl)c(NC3CCc4cc(OCC(N)=O)cc(F)c43)nc2n1COCC[Si](C)(C)C. The summed E-state index contributed by atoms with van der Waals surface area (Å²) in [6.45, 7) is 19.2. The Bertz CT molecular complexity index is 1760. The van der Waals surface area contributed by atoms with Crippen LogP contribution in [-0.2, 0) is 36.6 Å². The molecule has 2 aromatic heterocycles. The molecule has 5 atom stereocenters. The van der Waals surface area contributed by atoms with Gasteiger partial charge in [-0.2, -0.15) is 4.98 Å². The fraction of sp³-hybridized carbons (Fsp3) is 0.629. The molecule has 1 aliphatic carbocycles. The Morgan fingerprint density at radius 1 is 1.10 bits per heavy atom. The first-order valence-corrected chi connectivity index (χ1v) is 24.6. The number of hydrogen-bond acceptors (Lipinski definition) is 10. The van der Waals surface area contributed by atoms with Gasteiger partial charge < -0.3 is 39.2 Å². The minimum Gasteiger partial charge on any atom is -0.484 e. The van der Waals surface area contributed by atoms with Gasteiger partial charge in [0.05, 0.1) is 30.4 Å². The van der Waals surface area contributed by atoms with Crippen molar-refractivity contribution >= 4 is 50.9 Å². The highest BCUT2D eigenvalue weighted by atomic mass is 35.5. The number of imidazole rings is 1. The molecule has 12 nitrogen and oxygen atoms in total. The van der Waals surface area contributed by atoms with E-state index >= 15 is 4.39 Å². The fourth-order valence-corrected chi connectivity index (χ4v) is 8.67. The van der Waals surface area contributed by atoms with Gasteiger partial charge in [0.2, 0.25) is 0 Å². The van der Waals surface area contributed by atoms with Crippen molar-refractivity contribution in [2.24, 2.45) is 5.73 Å². The number of fused-ring (bicyclic) bond motifs is 3. The van der Waals surface area contributed by atoms with Gasteiger partial charge in [-0.25, -0.2) is 9.37 Å². The van der Waals surface area contributed by atoms with Crippen LogP contribution in [0.25, 0.3) is 11.2 Å². The number of pyridine rings is 1. The Morgan fingerprint density at radius 3 is 2.49 bits per heavy atom. The molecule has 51 heavy (non-hydrogen) atoms. The van der Waals surface area contributed by atoms with Crippen molar-refractivity contribution in [1.82, 2.24) is 14.5 Å². The van der Waals surface area contributed by atoms with E-state index in [1.807, 2.05) is 0 Å². The van der Waals surface area contributed by atoms with E-state index in [2.05, 4.69) is 58.8 Å². The second kappa shape index (κ2) is 14.6. The zero-order valence-corrected chi connectivity index (χ0v) is 33.6. The number of ether oxygens (including phenoxy) is 5. The Balaban J connectivity index is 1.24. The van der Waals surface area contributed by atoms with Crippen LogP contribution < -0.4 is 20.5 Å². The summed E-state index contributed by atoms with van der Waals surface area (Å²) in [6.07, 6.45) is 0.0887. The molecular weight excluding hydrogens is 713 g/mol. The highest BCUT2D eigenvalue weighted by Gasteiger charge is 2.52. The van der Waals surface area contributed by atoms with Crippen molar-refractivity contribution in [3.63, 3.8) is 0 Å². The third-order valence-electron chi connectivity index (χ3n) is 10.3. The largest absolute Gasteiger partial charge is 0.484 e. The predicted octanol–water partition coefficient (Wildman–Crippen LogP) is 6.44. The lowest BCUT2D eigenvalue weighted by Gasteiger charge is -2.39. The lowest BCUT2D eigenvalue weighted by Crippen LogP contribution is -2.47. The molecule has 2 fully saturated rings. The van der Waals surface area contributed by atoms with Crippen molar-refractivity contribution in [1.29, 1.82) is 0 Å². The van der Waals surface area contributed by atoms with E-state index in [-0.39, 0.29) is 48.5 Å². The van der Waals surface area contributed by atoms with Crippen LogP contribution in [0.2, 0.25) is 48.8 Å². The van der Waals surface area contributed by atoms with E-state index in [9.17, 15) is 4.79 Å². The van der Waals surface area contributed by atoms with Gasteiger partial charge in [-0.1, -0.05) is 52.0 Å². The molecule has 6 rings (SSSR count). The second-order valence-corrected chi connectivity index (χ2v) is 27.3. The molecule has 1 unspecified atom stereocenters. The first-order chi connectivity index (χ1) is 23.9. The number of nitrogens with two attached hydrogens (primary N) is 1. The Labute approximate surface area is 305 Å². The summed E-state index contributed by atoms with van der Waals surface area (Å²) < 4.78 is 54.5. The predicted molar refractivity (Wildman–Crippen MR) is 198 cm³/mol. The van der Waals surface area contributed by atoms with Crippen LogP contribution in [0, 0.1) is 5.82 Å². The minimum atomic E-state index is -2.05. The average Bonchev–Trinajstić information content (AvgIpc) is 3.79. The van der Waals surface area contributed by atoms with Crippen molar-refractivity contribution in [3.05, 3.63) is 40.2 Å². The Kier molecular flexibility index (Phi) is 10.8. The maximum Gasteiger partial charge on any atom is 0.301 e. The van der Waals surface area contributed by atoms with Gasteiger partial charge in [-0.15, -0.1) is 0 Å². The summed E-state index contributed by atoms with van der Waals surface area (Å²) in [7, 11) is -3.38. The van der Waals surface area contributed by atoms with Crippen LogP contribution in [0.5, 0.6) is 11.8 Å². The highest BCUT2D eigenvalue weighted by Crippen LogP contribution is 2.42. The van der Waals surface area contributed by atoms with Crippen molar-refractivity contribution in [3.8, 4) is 11.8 Å². The third-order valence-corrected chi connectivity index (χ3v) is 16.8. The van der Waals surface area contributed by atoms with E-state index in [1.54, 1.807) is 16.7 Å². The molecule has 1 aromatic carbocycles. The number of aryl methyl sites for hydroxylation is 1. The molecule has 0 spiro atoms. The summed E-state index contributed by atoms with van der Waals surface area (Å²) in [5, 5.41) is 3.76. The molecule has 4 heterocycles. The van der Waals surface area contributed by atoms with Gasteiger partial charge in [0, 0.05) is 26.3 Å². The number of benzene rings is 1. The van der Waals surface area contributed by atoms with Crippen LogP contribution in [0.15, 0.2) is 18.2 Å². The third kappa shape index (κ3) is 8.39. The van der Waals surface area contributed by atoms with Crippen molar-refractivity contribution in [2.75, 3.05) is 31.7 Å². The van der Waals surface area contributed by atoms with E-state index in [0.29, 0.717) is 66.2 Å². The molecule has 2 aliphatic heterocycles. The molecule has 1 amide bonds. The van der Waals surface area contributed by atoms with E-state index in [1.165, 1.54) is 6.07 Å². The van der Waals surface area contributed by atoms with Crippen LogP contribution in [0.1, 0.15) is 44.4 Å². The van der Waals surface area contributed by atoms with Crippen LogP contribution in [-0.4, -0.2) is 87.7 Å². The van der Waals surface area contributed by atoms with Crippen LogP contribution in [0.4, 0.5) is 10.2 Å². The fourth-order valence-electron chi connectivity index (χ4n) is 6.40. The van der Waals surface area contributed by atoms with Crippen LogP contribution in [0.3, 0.4) is 0 Å². The van der Waals surface area contributed by atoms with E-state index in [4.69, 9.17) is 55.4 Å². The van der Waals surface area contributed by atoms with Crippen molar-refractivity contribution in [2.45, 2.75) is 115 Å². The summed E-state index contributed by atoms with van der Waals surface area (Å²) in [6, 6.07) is 5.67. The maximum absolute atomic E-state index is 15.4. The minimum absolute atomic E-state index is 0.0584. The maximum atomic E-state index is 15.4. The highest BCUT2D eigenvalue weighted by molar-refractivity contribution is 6.76. The van der Waals surface area contributed by atoms with Gasteiger partial charge in [0.15, 0.2) is 26.7 Å². The van der Waals surface area contributed by atoms with Crippen molar-refractivity contribution < 1.29 is 37.3 Å². The number of anilines is 1. The molecular formula is C35H51ClFN5O7Si2. The first kappa shape index (κ1) is 37.9. The molecule has 3 aromatic rings. The molecule has 280 valence electrons.